The molecule has 0 rings (SSSR count). The van der Waals surface area contributed by atoms with E-state index in [1.165, 1.54) is 6.92 Å². The van der Waals surface area contributed by atoms with E-state index >= 15 is 0 Å². The lowest BCUT2D eigenvalue weighted by Crippen LogP contribution is -1.95. The Morgan fingerprint density at radius 2 is 1.67 bits per heavy atom. The van der Waals surface area contributed by atoms with Gasteiger partial charge in [0.2, 0.25) is 0 Å². The normalized spacial score (nSPS) is 6.83. The summed E-state index contributed by atoms with van der Waals surface area (Å²) in [4.78, 5) is 9.82. The number of aliphatic hydroxyl groups is 1. The highest BCUT2D eigenvalue weighted by atomic mass is 35.5. The lowest BCUT2D eigenvalue weighted by atomic mass is 10.8. The number of carbonyl (C=O) groups excluding carboxylic acids is 1. The van der Waals surface area contributed by atoms with Gasteiger partial charge in [-0.25, -0.2) is 0 Å². The molecule has 0 unspecified atom stereocenters. The van der Waals surface area contributed by atoms with E-state index in [1.54, 1.807) is 6.92 Å². The lowest BCUT2D eigenvalue weighted by molar-refractivity contribution is -0.140. The molecule has 1 N–H and O–H groups in total. The minimum absolute atomic E-state index is 0.211. The molecule has 0 saturated carbocycles. The number of carbonyl (C=O) groups is 1. The van der Waals surface area contributed by atoms with Gasteiger partial charge in [0, 0.05) is 25.8 Å². The van der Waals surface area contributed by atoms with Gasteiger partial charge < -0.3 is 9.84 Å². The number of rotatable bonds is 2. The van der Waals surface area contributed by atoms with Gasteiger partial charge in [0.1, 0.15) is 0 Å². The summed E-state index contributed by atoms with van der Waals surface area (Å²) in [5.74, 6) is 0.904. The van der Waals surface area contributed by atoms with Crippen LogP contribution in [0.3, 0.4) is 0 Å². The maximum Gasteiger partial charge on any atom is 0.302 e. The monoisotopic (exact) mass is 218 g/mol. The zero-order valence-corrected chi connectivity index (χ0v) is 9.15. The van der Waals surface area contributed by atoms with Crippen LogP contribution in [-0.4, -0.2) is 36.6 Å². The third kappa shape index (κ3) is 50.5. The molecule has 0 atom stereocenters. The number of halogens is 2. The van der Waals surface area contributed by atoms with Crippen molar-refractivity contribution in [2.75, 3.05) is 25.5 Å². The van der Waals surface area contributed by atoms with Crippen LogP contribution in [0.4, 0.5) is 0 Å². The van der Waals surface area contributed by atoms with Crippen molar-refractivity contribution in [3.63, 3.8) is 0 Å². The van der Waals surface area contributed by atoms with Crippen LogP contribution in [0.5, 0.6) is 0 Å². The largest absolute Gasteiger partial charge is 0.466 e. The van der Waals surface area contributed by atoms with Crippen molar-refractivity contribution >= 4 is 29.2 Å². The highest BCUT2D eigenvalue weighted by Gasteiger charge is 1.81. The number of hydrogen-bond donors (Lipinski definition) is 1. The minimum Gasteiger partial charge on any atom is -0.466 e. The van der Waals surface area contributed by atoms with Gasteiger partial charge in [-0.2, -0.15) is 0 Å². The van der Waals surface area contributed by atoms with Crippen LogP contribution >= 0.6 is 23.2 Å². The van der Waals surface area contributed by atoms with E-state index in [0.717, 1.165) is 7.11 Å². The molecule has 0 aliphatic carbocycles. The first-order valence-corrected chi connectivity index (χ1v) is 4.45. The Kier molecular flexibility index (Phi) is 33.6. The second-order valence-electron chi connectivity index (χ2n) is 1.30. The van der Waals surface area contributed by atoms with Crippen LogP contribution in [0.25, 0.3) is 0 Å². The summed E-state index contributed by atoms with van der Waals surface area (Å²) in [6, 6.07) is 0. The number of esters is 1. The lowest BCUT2D eigenvalue weighted by Gasteiger charge is -1.89. The summed E-state index contributed by atoms with van der Waals surface area (Å²) in [7, 11) is 1.00. The number of aliphatic hydroxyl groups excluding tert-OH is 1. The highest BCUT2D eigenvalue weighted by molar-refractivity contribution is 6.25. The third-order valence-corrected chi connectivity index (χ3v) is 0.990. The SMILES string of the molecule is CCOC(C)=O.CO.ClCCCl. The molecule has 76 valence electrons. The molecule has 0 aromatic rings. The van der Waals surface area contributed by atoms with Crippen molar-refractivity contribution in [1.82, 2.24) is 0 Å². The Morgan fingerprint density at radius 1 is 1.33 bits per heavy atom. The van der Waals surface area contributed by atoms with Gasteiger partial charge in [0.05, 0.1) is 6.61 Å². The van der Waals surface area contributed by atoms with Crippen molar-refractivity contribution in [2.45, 2.75) is 13.8 Å². The molecule has 0 bridgehead atoms. The molecule has 12 heavy (non-hydrogen) atoms. The predicted molar refractivity (Wildman–Crippen MR) is 51.9 cm³/mol. The first kappa shape index (κ1) is 17.9. The van der Waals surface area contributed by atoms with Crippen molar-refractivity contribution < 1.29 is 14.6 Å². The van der Waals surface area contributed by atoms with Crippen molar-refractivity contribution in [3.8, 4) is 0 Å². The molecule has 0 amide bonds. The average molecular weight is 219 g/mol. The summed E-state index contributed by atoms with van der Waals surface area (Å²) in [6.07, 6.45) is 0. The third-order valence-electron chi connectivity index (χ3n) is 0.419. The fourth-order valence-corrected chi connectivity index (χ4v) is 0.203. The minimum atomic E-state index is -0.211. The van der Waals surface area contributed by atoms with Gasteiger partial charge in [-0.05, 0) is 6.92 Å². The van der Waals surface area contributed by atoms with Crippen molar-refractivity contribution in [1.29, 1.82) is 0 Å². The van der Waals surface area contributed by atoms with E-state index in [1.807, 2.05) is 0 Å². The van der Waals surface area contributed by atoms with E-state index in [9.17, 15) is 4.79 Å². The fourth-order valence-electron chi connectivity index (χ4n) is 0.203. The summed E-state index contributed by atoms with van der Waals surface area (Å²) in [6.45, 7) is 3.65. The molecule has 0 aliphatic rings. The molecule has 0 fully saturated rings. The molecule has 0 spiro atoms. The van der Waals surface area contributed by atoms with Crippen LogP contribution in [0.15, 0.2) is 0 Å². The van der Waals surface area contributed by atoms with Crippen LogP contribution in [0.1, 0.15) is 13.8 Å². The molecule has 0 aliphatic heterocycles. The molecule has 0 radical (unpaired) electrons. The highest BCUT2D eigenvalue weighted by Crippen LogP contribution is 1.75. The number of hydrogen-bond acceptors (Lipinski definition) is 3. The van der Waals surface area contributed by atoms with Gasteiger partial charge in [0.25, 0.3) is 0 Å². The van der Waals surface area contributed by atoms with E-state index in [0.29, 0.717) is 18.4 Å². The molecule has 0 saturated heterocycles. The Labute approximate surface area is 83.6 Å². The maximum atomic E-state index is 9.82. The van der Waals surface area contributed by atoms with Gasteiger partial charge in [-0.3, -0.25) is 4.79 Å². The van der Waals surface area contributed by atoms with Gasteiger partial charge in [-0.15, -0.1) is 23.2 Å². The van der Waals surface area contributed by atoms with Gasteiger partial charge in [-0.1, -0.05) is 0 Å². The molecule has 0 aromatic heterocycles. The first-order chi connectivity index (χ1) is 5.68. The zero-order valence-electron chi connectivity index (χ0n) is 7.64. The topological polar surface area (TPSA) is 46.5 Å². The smallest absolute Gasteiger partial charge is 0.302 e. The molecule has 0 aromatic carbocycles. The Bertz CT molecular complexity index is 77.1. The molecular formula is C7H16Cl2O3. The van der Waals surface area contributed by atoms with E-state index in [-0.39, 0.29) is 5.97 Å². The quantitative estimate of drug-likeness (QED) is 0.567. The van der Waals surface area contributed by atoms with E-state index in [2.05, 4.69) is 4.74 Å². The van der Waals surface area contributed by atoms with Crippen LogP contribution in [-0.2, 0) is 9.53 Å². The molecular weight excluding hydrogens is 203 g/mol. The van der Waals surface area contributed by atoms with Crippen LogP contribution in [0.2, 0.25) is 0 Å². The standard InChI is InChI=1S/C4H8O2.C2H4Cl2.CH4O/c1-3-6-4(2)5;3-1-2-4;1-2/h3H2,1-2H3;1-2H2;2H,1H3. The summed E-state index contributed by atoms with van der Waals surface area (Å²) < 4.78 is 4.40. The molecule has 5 heteroatoms. The van der Waals surface area contributed by atoms with E-state index in [4.69, 9.17) is 28.3 Å². The Hall–Kier alpha value is 0.01000. The molecule has 3 nitrogen and oxygen atoms in total. The Balaban J connectivity index is -0.000000118. The van der Waals surface area contributed by atoms with Crippen molar-refractivity contribution in [3.05, 3.63) is 0 Å². The molecule has 0 heterocycles. The van der Waals surface area contributed by atoms with Crippen LogP contribution < -0.4 is 0 Å². The van der Waals surface area contributed by atoms with Gasteiger partial charge >= 0.3 is 5.97 Å². The van der Waals surface area contributed by atoms with Crippen LogP contribution in [0, 0.1) is 0 Å². The summed E-state index contributed by atoms with van der Waals surface area (Å²) in [5, 5.41) is 7.00. The Morgan fingerprint density at radius 3 is 1.67 bits per heavy atom. The van der Waals surface area contributed by atoms with E-state index < -0.39 is 0 Å². The summed E-state index contributed by atoms with van der Waals surface area (Å²) >= 11 is 10.1. The van der Waals surface area contributed by atoms with Crippen molar-refractivity contribution in [2.24, 2.45) is 0 Å². The second kappa shape index (κ2) is 22.5. The summed E-state index contributed by atoms with van der Waals surface area (Å²) in [5.41, 5.74) is 0. The average Bonchev–Trinajstić information content (AvgIpc) is 2.08. The van der Waals surface area contributed by atoms with Gasteiger partial charge in [0.15, 0.2) is 0 Å². The maximum absolute atomic E-state index is 9.82. The number of alkyl halides is 2. The number of ether oxygens (including phenoxy) is 1. The predicted octanol–water partition coefficient (Wildman–Crippen LogP) is 1.64. The zero-order chi connectivity index (χ0) is 10.4. The first-order valence-electron chi connectivity index (χ1n) is 3.39. The fraction of sp³-hybridized carbons (Fsp3) is 0.857. The second-order valence-corrected chi connectivity index (χ2v) is 2.06.